The smallest absolute Gasteiger partial charge is 0.264 e. The molecule has 5 heteroatoms. The highest BCUT2D eigenvalue weighted by molar-refractivity contribution is 7.92. The Morgan fingerprint density at radius 3 is 2.15 bits per heavy atom. The van der Waals surface area contributed by atoms with Crippen molar-refractivity contribution in [2.75, 3.05) is 11.4 Å². The van der Waals surface area contributed by atoms with Crippen molar-refractivity contribution in [1.82, 2.24) is 0 Å². The Kier molecular flexibility index (Phi) is 5.51. The van der Waals surface area contributed by atoms with Gasteiger partial charge in [0, 0.05) is 7.05 Å². The van der Waals surface area contributed by atoms with E-state index < -0.39 is 10.0 Å². The Bertz CT molecular complexity index is 1010. The Morgan fingerprint density at radius 1 is 0.852 bits per heavy atom. The van der Waals surface area contributed by atoms with Crippen molar-refractivity contribution in [3.05, 3.63) is 89.5 Å². The fourth-order valence-corrected chi connectivity index (χ4v) is 3.92. The van der Waals surface area contributed by atoms with E-state index >= 15 is 0 Å². The molecule has 0 spiro atoms. The molecular weight excluding hydrogens is 358 g/mol. The van der Waals surface area contributed by atoms with Crippen molar-refractivity contribution >= 4 is 15.7 Å². The molecule has 0 aromatic heterocycles. The molecule has 4 nitrogen and oxygen atoms in total. The first-order valence-corrected chi connectivity index (χ1v) is 10.1. The van der Waals surface area contributed by atoms with Gasteiger partial charge in [-0.25, -0.2) is 8.42 Å². The summed E-state index contributed by atoms with van der Waals surface area (Å²) in [5, 5.41) is 0. The van der Waals surface area contributed by atoms with Gasteiger partial charge in [0.05, 0.1) is 10.6 Å². The lowest BCUT2D eigenvalue weighted by molar-refractivity contribution is 0.306. The average Bonchev–Trinajstić information content (AvgIpc) is 2.66. The molecule has 0 aliphatic heterocycles. The van der Waals surface area contributed by atoms with Crippen LogP contribution in [0.4, 0.5) is 5.69 Å². The third-order valence-electron chi connectivity index (χ3n) is 4.37. The number of hydrogen-bond acceptors (Lipinski definition) is 3. The van der Waals surface area contributed by atoms with Gasteiger partial charge in [-0.15, -0.1) is 0 Å². The number of rotatable bonds is 6. The van der Waals surface area contributed by atoms with Gasteiger partial charge in [0.15, 0.2) is 0 Å². The van der Waals surface area contributed by atoms with Crippen molar-refractivity contribution in [1.29, 1.82) is 0 Å². The Labute approximate surface area is 161 Å². The van der Waals surface area contributed by atoms with Crippen LogP contribution in [0.5, 0.6) is 5.75 Å². The zero-order valence-electron chi connectivity index (χ0n) is 15.7. The van der Waals surface area contributed by atoms with Crippen LogP contribution in [-0.4, -0.2) is 15.5 Å². The minimum atomic E-state index is -3.59. The molecule has 0 saturated carbocycles. The van der Waals surface area contributed by atoms with E-state index in [1.807, 2.05) is 32.0 Å². The molecule has 0 atom stereocenters. The van der Waals surface area contributed by atoms with Crippen LogP contribution in [0.1, 0.15) is 16.7 Å². The van der Waals surface area contributed by atoms with E-state index in [9.17, 15) is 8.42 Å². The second kappa shape index (κ2) is 7.84. The Balaban J connectivity index is 1.71. The third-order valence-corrected chi connectivity index (χ3v) is 6.17. The van der Waals surface area contributed by atoms with Gasteiger partial charge < -0.3 is 4.74 Å². The lowest BCUT2D eigenvalue weighted by Crippen LogP contribution is -2.26. The topological polar surface area (TPSA) is 46.6 Å². The fourth-order valence-electron chi connectivity index (χ4n) is 2.73. The van der Waals surface area contributed by atoms with Crippen LogP contribution in [0, 0.1) is 13.8 Å². The van der Waals surface area contributed by atoms with Gasteiger partial charge in [-0.3, -0.25) is 4.31 Å². The predicted octanol–water partition coefficient (Wildman–Crippen LogP) is 4.71. The van der Waals surface area contributed by atoms with Crippen LogP contribution in [0.25, 0.3) is 0 Å². The van der Waals surface area contributed by atoms with Gasteiger partial charge in [-0.1, -0.05) is 47.5 Å². The van der Waals surface area contributed by atoms with E-state index in [-0.39, 0.29) is 4.90 Å². The van der Waals surface area contributed by atoms with E-state index in [1.165, 1.54) is 9.87 Å². The SMILES string of the molecule is Cc1ccc(S(=O)(=O)N(C)c2ccc(OCc3cccc(C)c3)cc2)cc1. The summed E-state index contributed by atoms with van der Waals surface area (Å²) in [7, 11) is -2.04. The molecule has 0 aliphatic carbocycles. The van der Waals surface area contributed by atoms with Gasteiger partial charge in [0.1, 0.15) is 12.4 Å². The number of benzene rings is 3. The van der Waals surface area contributed by atoms with Gasteiger partial charge in [0.2, 0.25) is 0 Å². The zero-order valence-corrected chi connectivity index (χ0v) is 16.5. The van der Waals surface area contributed by atoms with E-state index in [4.69, 9.17) is 4.74 Å². The summed E-state index contributed by atoms with van der Waals surface area (Å²) in [5.41, 5.74) is 3.89. The molecule has 3 rings (SSSR count). The molecule has 0 aliphatic rings. The van der Waals surface area contributed by atoms with Gasteiger partial charge in [0.25, 0.3) is 10.0 Å². The molecule has 0 amide bonds. The standard InChI is InChI=1S/C22H23NO3S/c1-17-7-13-22(14-8-17)27(24,25)23(3)20-9-11-21(12-10-20)26-16-19-6-4-5-18(2)15-19/h4-15H,16H2,1-3H3. The lowest BCUT2D eigenvalue weighted by atomic mass is 10.1. The summed E-state index contributed by atoms with van der Waals surface area (Å²) < 4.78 is 32.6. The highest BCUT2D eigenvalue weighted by atomic mass is 32.2. The monoisotopic (exact) mass is 381 g/mol. The maximum atomic E-state index is 12.8. The van der Waals surface area contributed by atoms with Crippen molar-refractivity contribution in [2.45, 2.75) is 25.3 Å². The van der Waals surface area contributed by atoms with E-state index in [0.717, 1.165) is 11.1 Å². The lowest BCUT2D eigenvalue weighted by Gasteiger charge is -2.20. The molecule has 3 aromatic carbocycles. The fraction of sp³-hybridized carbons (Fsp3) is 0.182. The van der Waals surface area contributed by atoms with Gasteiger partial charge in [-0.05, 0) is 55.8 Å². The molecule has 0 unspecified atom stereocenters. The molecule has 0 bridgehead atoms. The minimum absolute atomic E-state index is 0.273. The normalized spacial score (nSPS) is 11.2. The quantitative estimate of drug-likeness (QED) is 0.621. The second-order valence-corrected chi connectivity index (χ2v) is 8.53. The van der Waals surface area contributed by atoms with Crippen LogP contribution in [0.2, 0.25) is 0 Å². The molecular formula is C22H23NO3S. The predicted molar refractivity (Wildman–Crippen MR) is 109 cm³/mol. The first-order valence-electron chi connectivity index (χ1n) is 8.70. The maximum Gasteiger partial charge on any atom is 0.264 e. The second-order valence-electron chi connectivity index (χ2n) is 6.56. The Hall–Kier alpha value is -2.79. The summed E-state index contributed by atoms with van der Waals surface area (Å²) in [5.74, 6) is 0.696. The number of hydrogen-bond donors (Lipinski definition) is 0. The van der Waals surface area contributed by atoms with Gasteiger partial charge in [-0.2, -0.15) is 0 Å². The van der Waals surface area contributed by atoms with E-state index in [2.05, 4.69) is 6.07 Å². The third kappa shape index (κ3) is 4.49. The first-order chi connectivity index (χ1) is 12.9. The van der Waals surface area contributed by atoms with Crippen LogP contribution in [0.15, 0.2) is 77.7 Å². The molecule has 0 fully saturated rings. The number of nitrogens with zero attached hydrogens (tertiary/aromatic N) is 1. The highest BCUT2D eigenvalue weighted by Gasteiger charge is 2.21. The maximum absolute atomic E-state index is 12.8. The number of anilines is 1. The largest absolute Gasteiger partial charge is 0.489 e. The van der Waals surface area contributed by atoms with E-state index in [1.54, 1.807) is 55.6 Å². The molecule has 27 heavy (non-hydrogen) atoms. The zero-order chi connectivity index (χ0) is 19.4. The summed E-state index contributed by atoms with van der Waals surface area (Å²) in [6, 6.07) is 22.0. The highest BCUT2D eigenvalue weighted by Crippen LogP contribution is 2.25. The number of sulfonamides is 1. The van der Waals surface area contributed by atoms with E-state index in [0.29, 0.717) is 18.0 Å². The van der Waals surface area contributed by atoms with Gasteiger partial charge >= 0.3 is 0 Å². The first kappa shape index (κ1) is 19.0. The number of aryl methyl sites for hydroxylation is 2. The van der Waals surface area contributed by atoms with Crippen molar-refractivity contribution in [3.8, 4) is 5.75 Å². The summed E-state index contributed by atoms with van der Waals surface area (Å²) >= 11 is 0. The molecule has 3 aromatic rings. The molecule has 140 valence electrons. The van der Waals surface area contributed by atoms with Crippen molar-refractivity contribution in [3.63, 3.8) is 0 Å². The molecule has 0 N–H and O–H groups in total. The van der Waals surface area contributed by atoms with Crippen LogP contribution >= 0.6 is 0 Å². The van der Waals surface area contributed by atoms with Crippen LogP contribution < -0.4 is 9.04 Å². The average molecular weight is 381 g/mol. The van der Waals surface area contributed by atoms with Crippen LogP contribution in [-0.2, 0) is 16.6 Å². The summed E-state index contributed by atoms with van der Waals surface area (Å²) in [4.78, 5) is 0.273. The molecule has 0 heterocycles. The number of ether oxygens (including phenoxy) is 1. The minimum Gasteiger partial charge on any atom is -0.489 e. The summed E-state index contributed by atoms with van der Waals surface area (Å²) in [6.07, 6.45) is 0. The molecule has 0 saturated heterocycles. The van der Waals surface area contributed by atoms with Crippen molar-refractivity contribution in [2.24, 2.45) is 0 Å². The summed E-state index contributed by atoms with van der Waals surface area (Å²) in [6.45, 7) is 4.44. The molecule has 0 radical (unpaired) electrons. The van der Waals surface area contributed by atoms with Crippen LogP contribution in [0.3, 0.4) is 0 Å². The Morgan fingerprint density at radius 2 is 1.52 bits per heavy atom. The van der Waals surface area contributed by atoms with Crippen molar-refractivity contribution < 1.29 is 13.2 Å².